The van der Waals surface area contributed by atoms with E-state index in [2.05, 4.69) is 5.32 Å². The Morgan fingerprint density at radius 2 is 2.00 bits per heavy atom. The molecule has 2 N–H and O–H groups in total. The normalized spacial score (nSPS) is 23.8. The Morgan fingerprint density at radius 3 is 2.82 bits per heavy atom. The van der Waals surface area contributed by atoms with E-state index in [9.17, 15) is 9.90 Å². The van der Waals surface area contributed by atoms with E-state index >= 15 is 0 Å². The fraction of sp³-hybridized carbons (Fsp3) is 0.611. The summed E-state index contributed by atoms with van der Waals surface area (Å²) in [4.78, 5) is 12.4. The van der Waals surface area contributed by atoms with Crippen molar-refractivity contribution in [1.82, 2.24) is 5.32 Å². The third kappa shape index (κ3) is 3.61. The molecule has 3 rings (SSSR count). The molecule has 1 aromatic carbocycles. The number of carbonyl (C=O) groups is 1. The van der Waals surface area contributed by atoms with Crippen LogP contribution in [0.5, 0.6) is 5.75 Å². The number of para-hydroxylation sites is 1. The Balaban J connectivity index is 1.66. The van der Waals surface area contributed by atoms with Crippen LogP contribution >= 0.6 is 0 Å². The Morgan fingerprint density at radius 1 is 1.23 bits per heavy atom. The molecule has 0 spiro atoms. The molecule has 1 aromatic rings. The smallest absolute Gasteiger partial charge is 0.223 e. The number of rotatable bonds is 3. The van der Waals surface area contributed by atoms with Gasteiger partial charge in [-0.1, -0.05) is 37.5 Å². The molecule has 22 heavy (non-hydrogen) atoms. The molecule has 2 aliphatic rings. The second kappa shape index (κ2) is 6.69. The van der Waals surface area contributed by atoms with E-state index in [1.54, 1.807) is 0 Å². The molecule has 4 heteroatoms. The lowest BCUT2D eigenvalue weighted by atomic mass is 9.82. The van der Waals surface area contributed by atoms with Gasteiger partial charge in [0.15, 0.2) is 0 Å². The van der Waals surface area contributed by atoms with Crippen LogP contribution in [-0.4, -0.2) is 23.2 Å². The highest BCUT2D eigenvalue weighted by Gasteiger charge is 2.32. The van der Waals surface area contributed by atoms with E-state index in [0.29, 0.717) is 6.61 Å². The molecule has 1 unspecified atom stereocenters. The summed E-state index contributed by atoms with van der Waals surface area (Å²) in [6, 6.07) is 7.88. The average Bonchev–Trinajstić information content (AvgIpc) is 2.70. The van der Waals surface area contributed by atoms with E-state index in [0.717, 1.165) is 56.3 Å². The van der Waals surface area contributed by atoms with Gasteiger partial charge in [0.25, 0.3) is 0 Å². The number of nitrogens with one attached hydrogen (secondary N) is 1. The van der Waals surface area contributed by atoms with Crippen LogP contribution < -0.4 is 10.1 Å². The van der Waals surface area contributed by atoms with Crippen LogP contribution in [0.2, 0.25) is 0 Å². The summed E-state index contributed by atoms with van der Waals surface area (Å²) in [6.45, 7) is 0.688. The lowest BCUT2D eigenvalue weighted by molar-refractivity contribution is -0.128. The largest absolute Gasteiger partial charge is 0.493 e. The number of benzene rings is 1. The molecule has 1 aliphatic heterocycles. The molecule has 0 aromatic heterocycles. The second-order valence-corrected chi connectivity index (χ2v) is 6.61. The molecule has 1 fully saturated rings. The minimum Gasteiger partial charge on any atom is -0.493 e. The third-order valence-corrected chi connectivity index (χ3v) is 4.80. The molecule has 1 heterocycles. The van der Waals surface area contributed by atoms with Crippen LogP contribution in [0.3, 0.4) is 0 Å². The summed E-state index contributed by atoms with van der Waals surface area (Å²) >= 11 is 0. The Labute approximate surface area is 131 Å². The summed E-state index contributed by atoms with van der Waals surface area (Å²) < 4.78 is 5.73. The molecule has 1 amide bonds. The summed E-state index contributed by atoms with van der Waals surface area (Å²) in [5.41, 5.74) is 0.243. The van der Waals surface area contributed by atoms with E-state index in [1.807, 2.05) is 24.3 Å². The van der Waals surface area contributed by atoms with E-state index in [-0.39, 0.29) is 18.4 Å². The maximum Gasteiger partial charge on any atom is 0.223 e. The van der Waals surface area contributed by atoms with Gasteiger partial charge in [0.05, 0.1) is 24.7 Å². The van der Waals surface area contributed by atoms with Gasteiger partial charge in [-0.05, 0) is 31.7 Å². The van der Waals surface area contributed by atoms with Gasteiger partial charge in [0.1, 0.15) is 5.75 Å². The Hall–Kier alpha value is -1.55. The van der Waals surface area contributed by atoms with Crippen molar-refractivity contribution in [2.24, 2.45) is 0 Å². The van der Waals surface area contributed by atoms with E-state index in [1.165, 1.54) is 0 Å². The average molecular weight is 303 g/mol. The monoisotopic (exact) mass is 303 g/mol. The quantitative estimate of drug-likeness (QED) is 0.902. The van der Waals surface area contributed by atoms with Gasteiger partial charge >= 0.3 is 0 Å². The first-order valence-electron chi connectivity index (χ1n) is 8.40. The predicted octanol–water partition coefficient (Wildman–Crippen LogP) is 3.10. The minimum absolute atomic E-state index is 0.0154. The second-order valence-electron chi connectivity index (χ2n) is 6.61. The number of hydrogen-bond acceptors (Lipinski definition) is 3. The van der Waals surface area contributed by atoms with Crippen LogP contribution in [0.25, 0.3) is 0 Å². The maximum absolute atomic E-state index is 12.4. The number of hydrogen-bond donors (Lipinski definition) is 2. The molecular formula is C18H25NO3. The zero-order valence-corrected chi connectivity index (χ0v) is 13.0. The zero-order valence-electron chi connectivity index (χ0n) is 13.0. The van der Waals surface area contributed by atoms with Gasteiger partial charge in [-0.15, -0.1) is 0 Å². The van der Waals surface area contributed by atoms with Gasteiger partial charge in [-0.2, -0.15) is 0 Å². The van der Waals surface area contributed by atoms with Crippen molar-refractivity contribution in [1.29, 1.82) is 0 Å². The summed E-state index contributed by atoms with van der Waals surface area (Å²) in [7, 11) is 0. The van der Waals surface area contributed by atoms with Crippen molar-refractivity contribution >= 4 is 5.91 Å². The molecular weight excluding hydrogens is 278 g/mol. The first-order valence-corrected chi connectivity index (χ1v) is 8.40. The van der Waals surface area contributed by atoms with Gasteiger partial charge < -0.3 is 15.2 Å². The highest BCUT2D eigenvalue weighted by atomic mass is 16.5. The van der Waals surface area contributed by atoms with Gasteiger partial charge in [-0.3, -0.25) is 4.79 Å². The van der Waals surface area contributed by atoms with Gasteiger partial charge in [-0.25, -0.2) is 0 Å². The molecule has 120 valence electrons. The number of fused-ring (bicyclic) bond motifs is 1. The molecule has 1 aliphatic carbocycles. The zero-order chi connectivity index (χ0) is 15.4. The SMILES string of the molecule is O=C(CC1(O)CCCCC1)NC1CCCOc2ccccc21. The predicted molar refractivity (Wildman–Crippen MR) is 84.7 cm³/mol. The summed E-state index contributed by atoms with van der Waals surface area (Å²) in [5.74, 6) is 0.813. The number of aliphatic hydroxyl groups is 1. The van der Waals surface area contributed by atoms with Crippen LogP contribution in [0.4, 0.5) is 0 Å². The van der Waals surface area contributed by atoms with Crippen LogP contribution in [0.1, 0.15) is 63.0 Å². The molecule has 1 saturated carbocycles. The minimum atomic E-state index is -0.802. The number of carbonyl (C=O) groups excluding carboxylic acids is 1. The number of ether oxygens (including phenoxy) is 1. The molecule has 0 radical (unpaired) electrons. The first kappa shape index (κ1) is 15.3. The lowest BCUT2D eigenvalue weighted by Gasteiger charge is -2.32. The molecule has 1 atom stereocenters. The Kier molecular flexibility index (Phi) is 4.67. The summed E-state index contributed by atoms with van der Waals surface area (Å²) in [6.07, 6.45) is 6.69. The van der Waals surface area contributed by atoms with Crippen LogP contribution in [-0.2, 0) is 4.79 Å². The molecule has 0 saturated heterocycles. The van der Waals surface area contributed by atoms with Crippen molar-refractivity contribution in [3.63, 3.8) is 0 Å². The highest BCUT2D eigenvalue weighted by molar-refractivity contribution is 5.77. The fourth-order valence-corrected chi connectivity index (χ4v) is 3.61. The lowest BCUT2D eigenvalue weighted by Crippen LogP contribution is -2.39. The van der Waals surface area contributed by atoms with Crippen molar-refractivity contribution in [2.75, 3.05) is 6.61 Å². The van der Waals surface area contributed by atoms with Crippen molar-refractivity contribution in [3.05, 3.63) is 29.8 Å². The van der Waals surface area contributed by atoms with Crippen molar-refractivity contribution in [3.8, 4) is 5.75 Å². The third-order valence-electron chi connectivity index (χ3n) is 4.80. The molecule has 4 nitrogen and oxygen atoms in total. The van der Waals surface area contributed by atoms with E-state index < -0.39 is 5.60 Å². The highest BCUT2D eigenvalue weighted by Crippen LogP contribution is 2.33. The first-order chi connectivity index (χ1) is 10.7. The topological polar surface area (TPSA) is 58.6 Å². The molecule has 0 bridgehead atoms. The Bertz CT molecular complexity index is 523. The van der Waals surface area contributed by atoms with Crippen LogP contribution in [0, 0.1) is 0 Å². The van der Waals surface area contributed by atoms with Gasteiger partial charge in [0.2, 0.25) is 5.91 Å². The van der Waals surface area contributed by atoms with Crippen LogP contribution in [0.15, 0.2) is 24.3 Å². The number of amides is 1. The van der Waals surface area contributed by atoms with Crippen molar-refractivity contribution < 1.29 is 14.6 Å². The van der Waals surface area contributed by atoms with Gasteiger partial charge in [0, 0.05) is 5.56 Å². The maximum atomic E-state index is 12.4. The standard InChI is InChI=1S/C18H25NO3/c20-17(13-18(21)10-4-1-5-11-18)19-15-8-6-12-22-16-9-3-2-7-14(15)16/h2-3,7,9,15,21H,1,4-6,8,10-13H2,(H,19,20). The van der Waals surface area contributed by atoms with E-state index in [4.69, 9.17) is 4.74 Å². The summed E-state index contributed by atoms with van der Waals surface area (Å²) in [5, 5.41) is 13.6. The van der Waals surface area contributed by atoms with Crippen molar-refractivity contribution in [2.45, 2.75) is 63.0 Å². The fourth-order valence-electron chi connectivity index (χ4n) is 3.61.